The molecule has 6 aromatic rings. The summed E-state index contributed by atoms with van der Waals surface area (Å²) in [6.45, 7) is 14.8. The van der Waals surface area contributed by atoms with E-state index in [4.69, 9.17) is 27.9 Å². The van der Waals surface area contributed by atoms with Crippen molar-refractivity contribution < 1.29 is 24.2 Å². The Morgan fingerprint density at radius 2 is 1.43 bits per heavy atom. The van der Waals surface area contributed by atoms with Gasteiger partial charge >= 0.3 is 12.1 Å². The number of fused-ring (bicyclic) bond motifs is 4. The van der Waals surface area contributed by atoms with Crippen LogP contribution in [0.25, 0.3) is 44.3 Å². The van der Waals surface area contributed by atoms with Gasteiger partial charge in [-0.05, 0) is 80.1 Å². The van der Waals surface area contributed by atoms with Gasteiger partial charge < -0.3 is 29.6 Å². The van der Waals surface area contributed by atoms with Gasteiger partial charge in [0.15, 0.2) is 0 Å². The van der Waals surface area contributed by atoms with Crippen molar-refractivity contribution in [2.75, 3.05) is 13.1 Å². The Hall–Kier alpha value is -5.53. The molecule has 282 valence electrons. The third-order valence-electron chi connectivity index (χ3n) is 8.41. The zero-order valence-electron chi connectivity index (χ0n) is 31.1. The van der Waals surface area contributed by atoms with Gasteiger partial charge in [0, 0.05) is 60.5 Å². The van der Waals surface area contributed by atoms with E-state index >= 15 is 0 Å². The lowest BCUT2D eigenvalue weighted by Gasteiger charge is -2.19. The molecule has 0 spiro atoms. The highest BCUT2D eigenvalue weighted by Crippen LogP contribution is 2.38. The lowest BCUT2D eigenvalue weighted by atomic mass is 9.98. The molecule has 2 aromatic carbocycles. The van der Waals surface area contributed by atoms with Crippen LogP contribution in [0.3, 0.4) is 0 Å². The molecule has 4 aromatic heterocycles. The van der Waals surface area contributed by atoms with Gasteiger partial charge in [-0.2, -0.15) is 9.97 Å². The lowest BCUT2D eigenvalue weighted by molar-refractivity contribution is 0.0526. The number of rotatable bonds is 6. The topological polar surface area (TPSA) is 166 Å². The summed E-state index contributed by atoms with van der Waals surface area (Å²) in [4.78, 5) is 53.4. The number of nitrogens with zero attached hydrogens (tertiary/aromatic N) is 6. The molecular formula is C39H42Cl2N8O5. The molecule has 0 fully saturated rings. The Morgan fingerprint density at radius 1 is 0.889 bits per heavy atom. The van der Waals surface area contributed by atoms with E-state index in [0.717, 1.165) is 33.2 Å². The second-order valence-electron chi connectivity index (χ2n) is 13.1. The molecule has 0 unspecified atom stereocenters. The molecule has 0 saturated heterocycles. The fraction of sp³-hybridized carbons (Fsp3) is 0.308. The number of aromatic carboxylic acids is 1. The van der Waals surface area contributed by atoms with E-state index in [2.05, 4.69) is 30.6 Å². The van der Waals surface area contributed by atoms with E-state index in [-0.39, 0.29) is 35.3 Å². The highest BCUT2D eigenvalue weighted by Gasteiger charge is 2.29. The van der Waals surface area contributed by atoms with E-state index in [0.29, 0.717) is 41.0 Å². The van der Waals surface area contributed by atoms with Gasteiger partial charge in [0.2, 0.25) is 10.6 Å². The predicted octanol–water partition coefficient (Wildman–Crippen LogP) is 8.11. The van der Waals surface area contributed by atoms with Gasteiger partial charge in [0.25, 0.3) is 5.91 Å². The first-order valence-corrected chi connectivity index (χ1v) is 18.2. The predicted molar refractivity (Wildman–Crippen MR) is 210 cm³/mol. The normalized spacial score (nSPS) is 12.2. The quantitative estimate of drug-likeness (QED) is 0.142. The molecule has 15 heteroatoms. The molecule has 0 aliphatic carbocycles. The average molecular weight is 774 g/mol. The fourth-order valence-electron chi connectivity index (χ4n) is 6.30. The number of aryl methyl sites for hydroxylation is 2. The monoisotopic (exact) mass is 772 g/mol. The highest BCUT2D eigenvalue weighted by molar-refractivity contribution is 6.29. The number of nitrogens with one attached hydrogen (secondary N) is 2. The van der Waals surface area contributed by atoms with Crippen LogP contribution in [-0.4, -0.2) is 70.8 Å². The van der Waals surface area contributed by atoms with Gasteiger partial charge in [0.1, 0.15) is 28.3 Å². The molecule has 2 amide bonds. The maximum atomic E-state index is 12.4. The molecule has 5 heterocycles. The third kappa shape index (κ3) is 8.32. The molecule has 1 aliphatic heterocycles. The molecule has 0 saturated carbocycles. The van der Waals surface area contributed by atoms with Gasteiger partial charge in [-0.15, -0.1) is 0 Å². The maximum Gasteiger partial charge on any atom is 0.407 e. The zero-order valence-corrected chi connectivity index (χ0v) is 32.6. The SMILES string of the molecule is CC.Cc1ccccc1-c1c(C(=O)O)n(CCNC(=O)OC(C)(C)C)c2nc(Cl)ncc12.Cc1ccccc1-c1c2n(c3nc(Cl)ncc13)CCNC2=O. The minimum atomic E-state index is -1.11. The van der Waals surface area contributed by atoms with Crippen LogP contribution in [-0.2, 0) is 17.8 Å². The second-order valence-corrected chi connectivity index (χ2v) is 13.8. The summed E-state index contributed by atoms with van der Waals surface area (Å²) in [5.41, 5.74) is 6.36. The Morgan fingerprint density at radius 3 is 1.98 bits per heavy atom. The Kier molecular flexibility index (Phi) is 12.2. The largest absolute Gasteiger partial charge is 0.477 e. The Bertz CT molecular complexity index is 2360. The van der Waals surface area contributed by atoms with Crippen molar-refractivity contribution in [3.8, 4) is 22.3 Å². The van der Waals surface area contributed by atoms with E-state index < -0.39 is 17.7 Å². The molecule has 0 atom stereocenters. The van der Waals surface area contributed by atoms with Crippen LogP contribution >= 0.6 is 23.2 Å². The minimum Gasteiger partial charge on any atom is -0.477 e. The van der Waals surface area contributed by atoms with Gasteiger partial charge in [-0.1, -0.05) is 62.4 Å². The molecular weight excluding hydrogens is 731 g/mol. The van der Waals surface area contributed by atoms with Gasteiger partial charge in [-0.3, -0.25) is 4.79 Å². The van der Waals surface area contributed by atoms with Crippen LogP contribution in [0, 0.1) is 13.8 Å². The van der Waals surface area contributed by atoms with Crippen LogP contribution < -0.4 is 10.6 Å². The number of alkyl carbamates (subject to hydrolysis) is 1. The molecule has 0 radical (unpaired) electrons. The van der Waals surface area contributed by atoms with E-state index in [9.17, 15) is 19.5 Å². The number of carbonyl (C=O) groups is 3. The minimum absolute atomic E-state index is 0.00891. The van der Waals surface area contributed by atoms with Gasteiger partial charge in [0.05, 0.1) is 0 Å². The Balaban J connectivity index is 0.000000206. The molecule has 7 rings (SSSR count). The fourth-order valence-corrected chi connectivity index (χ4v) is 6.56. The first kappa shape index (κ1) is 39.7. The molecule has 0 bridgehead atoms. The second kappa shape index (κ2) is 16.6. The molecule has 54 heavy (non-hydrogen) atoms. The lowest BCUT2D eigenvalue weighted by Crippen LogP contribution is -2.35. The van der Waals surface area contributed by atoms with Crippen molar-refractivity contribution in [1.82, 2.24) is 39.7 Å². The van der Waals surface area contributed by atoms with Crippen LogP contribution in [0.4, 0.5) is 4.79 Å². The van der Waals surface area contributed by atoms with Crippen LogP contribution in [0.2, 0.25) is 10.6 Å². The number of carboxylic acid groups (broad SMARTS) is 1. The Labute approximate surface area is 322 Å². The third-order valence-corrected chi connectivity index (χ3v) is 8.78. The number of carbonyl (C=O) groups excluding carboxylic acids is 2. The summed E-state index contributed by atoms with van der Waals surface area (Å²) >= 11 is 11.9. The van der Waals surface area contributed by atoms with Crippen molar-refractivity contribution in [3.63, 3.8) is 0 Å². The van der Waals surface area contributed by atoms with E-state index in [1.807, 2.05) is 80.8 Å². The first-order chi connectivity index (χ1) is 25.7. The summed E-state index contributed by atoms with van der Waals surface area (Å²) < 4.78 is 8.69. The van der Waals surface area contributed by atoms with Crippen molar-refractivity contribution >= 4 is 63.2 Å². The highest BCUT2D eigenvalue weighted by atomic mass is 35.5. The summed E-state index contributed by atoms with van der Waals surface area (Å²) in [6.07, 6.45) is 2.64. The number of amides is 2. The number of carboxylic acids is 1. The number of ether oxygens (including phenoxy) is 1. The molecule has 3 N–H and O–H groups in total. The zero-order chi connectivity index (χ0) is 39.3. The average Bonchev–Trinajstić information content (AvgIpc) is 3.62. The van der Waals surface area contributed by atoms with Crippen molar-refractivity contribution in [3.05, 3.63) is 94.0 Å². The number of aromatic nitrogens is 6. The van der Waals surface area contributed by atoms with E-state index in [1.165, 1.54) is 10.8 Å². The summed E-state index contributed by atoms with van der Waals surface area (Å²) in [7, 11) is 0. The summed E-state index contributed by atoms with van der Waals surface area (Å²) in [5.74, 6) is -1.20. The van der Waals surface area contributed by atoms with Crippen LogP contribution in [0.15, 0.2) is 60.9 Å². The van der Waals surface area contributed by atoms with Crippen LogP contribution in [0.1, 0.15) is 66.7 Å². The summed E-state index contributed by atoms with van der Waals surface area (Å²) in [5, 5.41) is 17.2. The van der Waals surface area contributed by atoms with Crippen LogP contribution in [0.5, 0.6) is 0 Å². The van der Waals surface area contributed by atoms with E-state index in [1.54, 1.807) is 27.0 Å². The van der Waals surface area contributed by atoms with Crippen molar-refractivity contribution in [2.45, 2.75) is 67.2 Å². The first-order valence-electron chi connectivity index (χ1n) is 17.4. The standard InChI is InChI=1S/C21H23ClN4O4.C16H13ClN4O.C2H6/c1-12-7-5-6-8-13(12)15-14-11-24-19(22)25-17(14)26(16(15)18(27)28)10-9-23-20(29)30-21(2,3)4;1-9-4-2-3-5-10(9)12-11-8-19-16(17)20-14(11)21-7-6-18-15(22)13(12)21;1-2/h5-8,11H,9-10H2,1-4H3,(H,23,29)(H,27,28);2-5,8H,6-7H2,1H3,(H,18,22);1-2H3. The van der Waals surface area contributed by atoms with Gasteiger partial charge in [-0.25, -0.2) is 19.6 Å². The molecule has 1 aliphatic rings. The summed E-state index contributed by atoms with van der Waals surface area (Å²) in [6, 6.07) is 15.5. The maximum absolute atomic E-state index is 12.4. The van der Waals surface area contributed by atoms with Crippen molar-refractivity contribution in [1.29, 1.82) is 0 Å². The number of halogens is 2. The number of hydrogen-bond donors (Lipinski definition) is 3. The smallest absolute Gasteiger partial charge is 0.407 e. The number of benzene rings is 2. The molecule has 13 nitrogen and oxygen atoms in total. The number of hydrogen-bond acceptors (Lipinski definition) is 8. The van der Waals surface area contributed by atoms with Crippen molar-refractivity contribution in [2.24, 2.45) is 0 Å².